The monoisotopic (exact) mass is 468 g/mol. The van der Waals surface area contributed by atoms with E-state index in [1.54, 1.807) is 27.7 Å². The van der Waals surface area contributed by atoms with Gasteiger partial charge in [0.2, 0.25) is 5.88 Å². The fourth-order valence-corrected chi connectivity index (χ4v) is 1.65. The molecule has 0 aliphatic rings. The Morgan fingerprint density at radius 2 is 1.45 bits per heavy atom. The van der Waals surface area contributed by atoms with Gasteiger partial charge in [0.05, 0.1) is 39.2 Å². The van der Waals surface area contributed by atoms with Gasteiger partial charge in [0.25, 0.3) is 0 Å². The number of esters is 3. The summed E-state index contributed by atoms with van der Waals surface area (Å²) in [6, 6.07) is 0. The summed E-state index contributed by atoms with van der Waals surface area (Å²) >= 11 is 0. The highest BCUT2D eigenvalue weighted by Gasteiger charge is 2.21. The molecule has 1 heterocycles. The van der Waals surface area contributed by atoms with Crippen molar-refractivity contribution < 1.29 is 39.5 Å². The Balaban J connectivity index is -0.000000216. The summed E-state index contributed by atoms with van der Waals surface area (Å²) in [7, 11) is 0. The molecule has 12 nitrogen and oxygen atoms in total. The largest absolute Gasteiger partial charge is 0.500 e. The van der Waals surface area contributed by atoms with E-state index in [9.17, 15) is 14.4 Å². The van der Waals surface area contributed by atoms with E-state index in [0.29, 0.717) is 31.3 Å². The molecule has 0 spiro atoms. The minimum Gasteiger partial charge on any atom is -0.500 e. The van der Waals surface area contributed by atoms with Gasteiger partial charge < -0.3 is 23.7 Å². The Bertz CT molecular complexity index is 653. The zero-order valence-corrected chi connectivity index (χ0v) is 19.1. The van der Waals surface area contributed by atoms with Gasteiger partial charge in [0.1, 0.15) is 11.8 Å². The van der Waals surface area contributed by atoms with Crippen molar-refractivity contribution in [3.8, 4) is 5.88 Å². The summed E-state index contributed by atoms with van der Waals surface area (Å²) in [6.45, 7) is 10.2. The van der Waals surface area contributed by atoms with Crippen LogP contribution in [0.1, 0.15) is 46.4 Å². The number of carbonyl (C=O) groups excluding carboxylic acids is 3. The minimum absolute atomic E-state index is 0. The molecule has 31 heavy (non-hydrogen) atoms. The Kier molecular flexibility index (Phi) is 22.6. The van der Waals surface area contributed by atoms with Crippen LogP contribution in [-0.4, -0.2) is 61.1 Å². The van der Waals surface area contributed by atoms with Gasteiger partial charge in [-0.15, -0.1) is 12.4 Å². The SMILES string of the molecule is CCOC(=O)c1cn[nH]c1OCC.CCOC=C(C(=O)OCC)C(=O)OCC.Cl.N=N.[HH]. The van der Waals surface area contributed by atoms with E-state index in [1.165, 1.54) is 6.20 Å². The third kappa shape index (κ3) is 13.7. The first-order valence-corrected chi connectivity index (χ1v) is 9.20. The van der Waals surface area contributed by atoms with Crippen LogP contribution in [0.15, 0.2) is 18.0 Å². The van der Waals surface area contributed by atoms with Crippen molar-refractivity contribution in [3.05, 3.63) is 23.6 Å². The average molecular weight is 469 g/mol. The Labute approximate surface area is 188 Å². The lowest BCUT2D eigenvalue weighted by atomic mass is 10.3. The van der Waals surface area contributed by atoms with Crippen LogP contribution in [-0.2, 0) is 28.5 Å². The second kappa shape index (κ2) is 21.6. The third-order valence-corrected chi connectivity index (χ3v) is 2.75. The first kappa shape index (κ1) is 32.5. The third-order valence-electron chi connectivity index (χ3n) is 2.75. The summed E-state index contributed by atoms with van der Waals surface area (Å²) in [5.74, 6) is -1.52. The number of aromatic nitrogens is 2. The van der Waals surface area contributed by atoms with Crippen molar-refractivity contribution in [1.29, 1.82) is 11.1 Å². The topological polar surface area (TPSA) is 174 Å². The van der Waals surface area contributed by atoms with E-state index in [4.69, 9.17) is 25.3 Å². The lowest BCUT2D eigenvalue weighted by Gasteiger charge is -2.06. The van der Waals surface area contributed by atoms with Crippen molar-refractivity contribution in [3.63, 3.8) is 0 Å². The number of hydrogen-bond acceptors (Lipinski definition) is 11. The van der Waals surface area contributed by atoms with Crippen molar-refractivity contribution >= 4 is 30.3 Å². The number of H-pyrrole nitrogens is 1. The number of hydrogen-bond donors (Lipinski definition) is 3. The molecule has 0 unspecified atom stereocenters. The molecule has 13 heteroatoms. The van der Waals surface area contributed by atoms with E-state index in [0.717, 1.165) is 6.26 Å². The van der Waals surface area contributed by atoms with Crippen molar-refractivity contribution in [2.24, 2.45) is 0 Å². The lowest BCUT2D eigenvalue weighted by molar-refractivity contribution is -0.146. The Hall–Kier alpha value is -3.15. The fourth-order valence-electron chi connectivity index (χ4n) is 1.65. The van der Waals surface area contributed by atoms with Crippen molar-refractivity contribution in [2.75, 3.05) is 33.0 Å². The smallest absolute Gasteiger partial charge is 0.348 e. The van der Waals surface area contributed by atoms with Gasteiger partial charge in [-0.1, -0.05) is 0 Å². The van der Waals surface area contributed by atoms with E-state index >= 15 is 0 Å². The van der Waals surface area contributed by atoms with Gasteiger partial charge in [-0.3, -0.25) is 0 Å². The number of halogens is 1. The van der Waals surface area contributed by atoms with Crippen LogP contribution >= 0.6 is 12.4 Å². The normalized spacial score (nSPS) is 8.55. The molecule has 0 aromatic carbocycles. The molecular formula is C18H33ClN4O8. The average Bonchev–Trinajstić information content (AvgIpc) is 3.20. The second-order valence-electron chi connectivity index (χ2n) is 4.69. The molecule has 1 aromatic rings. The number of nitrogens with zero attached hydrogens (tertiary/aromatic N) is 1. The Morgan fingerprint density at radius 1 is 0.935 bits per heavy atom. The second-order valence-corrected chi connectivity index (χ2v) is 4.69. The zero-order valence-electron chi connectivity index (χ0n) is 18.3. The molecule has 0 amide bonds. The van der Waals surface area contributed by atoms with Crippen molar-refractivity contribution in [2.45, 2.75) is 34.6 Å². The predicted octanol–water partition coefficient (Wildman–Crippen LogP) is 3.28. The number of rotatable bonds is 10. The number of ether oxygens (including phenoxy) is 5. The van der Waals surface area contributed by atoms with Gasteiger partial charge in [-0.05, 0) is 34.6 Å². The van der Waals surface area contributed by atoms with Crippen LogP contribution in [0.3, 0.4) is 0 Å². The van der Waals surface area contributed by atoms with Gasteiger partial charge in [0.15, 0.2) is 5.57 Å². The van der Waals surface area contributed by atoms with Gasteiger partial charge >= 0.3 is 17.9 Å². The van der Waals surface area contributed by atoms with Crippen LogP contribution in [0.5, 0.6) is 5.88 Å². The van der Waals surface area contributed by atoms with E-state index < -0.39 is 17.9 Å². The van der Waals surface area contributed by atoms with Gasteiger partial charge in [0, 0.05) is 1.43 Å². The first-order valence-electron chi connectivity index (χ1n) is 9.20. The maximum atomic E-state index is 11.3. The molecule has 0 atom stereocenters. The van der Waals surface area contributed by atoms with E-state index in [1.807, 2.05) is 6.92 Å². The molecule has 0 fully saturated rings. The van der Waals surface area contributed by atoms with Crippen LogP contribution in [0, 0.1) is 11.1 Å². The van der Waals surface area contributed by atoms with Crippen LogP contribution < -0.4 is 4.74 Å². The van der Waals surface area contributed by atoms with E-state index in [-0.39, 0.29) is 32.6 Å². The van der Waals surface area contributed by atoms with Crippen LogP contribution in [0.25, 0.3) is 0 Å². The lowest BCUT2D eigenvalue weighted by Crippen LogP contribution is -2.18. The summed E-state index contributed by atoms with van der Waals surface area (Å²) in [5, 5.41) is 6.27. The minimum atomic E-state index is -0.732. The highest BCUT2D eigenvalue weighted by Crippen LogP contribution is 2.14. The molecule has 0 aliphatic heterocycles. The van der Waals surface area contributed by atoms with Gasteiger partial charge in [-0.2, -0.15) is 5.10 Å². The first-order chi connectivity index (χ1) is 14.5. The van der Waals surface area contributed by atoms with E-state index in [2.05, 4.69) is 19.7 Å². The predicted molar refractivity (Wildman–Crippen MR) is 113 cm³/mol. The zero-order chi connectivity index (χ0) is 23.4. The standard InChI is InChI=1S/C10H16O5.C8H12N2O3.ClH.H2N2.H2/c1-4-13-7-8(9(11)14-5-2)10(12)15-6-3;1-3-12-7-6(5-9-10-7)8(11)13-4-2;;1-2;/h7H,4-6H2,1-3H3;5H,3-4H2,1-2H3,(H,9,10);1H;1-2H;1H. The molecular weight excluding hydrogens is 436 g/mol. The fraction of sp³-hybridized carbons (Fsp3) is 0.556. The highest BCUT2D eigenvalue weighted by atomic mass is 35.5. The maximum Gasteiger partial charge on any atom is 0.348 e. The van der Waals surface area contributed by atoms with Gasteiger partial charge in [-0.25, -0.2) is 30.5 Å². The highest BCUT2D eigenvalue weighted by molar-refractivity contribution is 6.13. The number of nitrogens with one attached hydrogen (secondary N) is 3. The molecule has 3 N–H and O–H groups in total. The summed E-state index contributed by atoms with van der Waals surface area (Å²) < 4.78 is 24.1. The number of aromatic amines is 1. The summed E-state index contributed by atoms with van der Waals surface area (Å²) in [4.78, 5) is 33.8. The van der Waals surface area contributed by atoms with Crippen LogP contribution in [0.4, 0.5) is 0 Å². The molecule has 1 rings (SSSR count). The molecule has 1 aromatic heterocycles. The van der Waals surface area contributed by atoms with Crippen LogP contribution in [0.2, 0.25) is 0 Å². The molecule has 0 radical (unpaired) electrons. The van der Waals surface area contributed by atoms with Crippen molar-refractivity contribution in [1.82, 2.24) is 10.2 Å². The Morgan fingerprint density at radius 3 is 1.87 bits per heavy atom. The quantitative estimate of drug-likeness (QED) is 0.0884. The number of carbonyl (C=O) groups is 3. The summed E-state index contributed by atoms with van der Waals surface area (Å²) in [6.07, 6.45) is 2.46. The maximum absolute atomic E-state index is 11.3. The molecule has 180 valence electrons. The molecule has 0 saturated carbocycles. The molecule has 0 saturated heterocycles. The summed E-state index contributed by atoms with van der Waals surface area (Å²) in [5.41, 5.74) is 10.1. The molecule has 0 bridgehead atoms. The molecule has 0 aliphatic carbocycles.